The monoisotopic (exact) mass is 350 g/mol. The molecule has 134 valence electrons. The van der Waals surface area contributed by atoms with Crippen LogP contribution in [0.2, 0.25) is 0 Å². The van der Waals surface area contributed by atoms with Crippen molar-refractivity contribution in [1.29, 1.82) is 5.26 Å². The molecule has 0 saturated carbocycles. The van der Waals surface area contributed by atoms with Crippen LogP contribution in [0.1, 0.15) is 24.1 Å². The maximum atomic E-state index is 12.6. The van der Waals surface area contributed by atoms with Crippen molar-refractivity contribution >= 4 is 11.7 Å². The van der Waals surface area contributed by atoms with E-state index in [9.17, 15) is 10.1 Å². The predicted molar refractivity (Wildman–Crippen MR) is 100 cm³/mol. The molecule has 0 spiro atoms. The zero-order valence-corrected chi connectivity index (χ0v) is 14.7. The van der Waals surface area contributed by atoms with Crippen LogP contribution in [0.25, 0.3) is 0 Å². The van der Waals surface area contributed by atoms with Crippen LogP contribution in [-0.4, -0.2) is 37.2 Å². The van der Waals surface area contributed by atoms with Crippen molar-refractivity contribution in [2.24, 2.45) is 0 Å². The average Bonchev–Trinajstić information content (AvgIpc) is 2.70. The molecule has 26 heavy (non-hydrogen) atoms. The Balaban J connectivity index is 1.67. The van der Waals surface area contributed by atoms with E-state index in [1.54, 1.807) is 23.1 Å². The molecule has 0 bridgehead atoms. The SMILES string of the molecule is CCOc1ccc(NC(=O)N2CCN[C@H](c3ccccc3)C2)cc1C#N. The highest BCUT2D eigenvalue weighted by atomic mass is 16.5. The lowest BCUT2D eigenvalue weighted by atomic mass is 10.0. The molecule has 1 saturated heterocycles. The fraction of sp³-hybridized carbons (Fsp3) is 0.300. The number of ether oxygens (including phenoxy) is 1. The molecule has 0 aliphatic carbocycles. The fourth-order valence-corrected chi connectivity index (χ4v) is 3.02. The third-order valence-corrected chi connectivity index (χ3v) is 4.32. The van der Waals surface area contributed by atoms with Crippen LogP contribution < -0.4 is 15.4 Å². The Bertz CT molecular complexity index is 801. The Kier molecular flexibility index (Phi) is 5.72. The van der Waals surface area contributed by atoms with Gasteiger partial charge in [-0.1, -0.05) is 30.3 Å². The predicted octanol–water partition coefficient (Wildman–Crippen LogP) is 3.14. The molecule has 0 radical (unpaired) electrons. The number of carbonyl (C=O) groups is 1. The number of piperazine rings is 1. The summed E-state index contributed by atoms with van der Waals surface area (Å²) in [4.78, 5) is 14.4. The van der Waals surface area contributed by atoms with Crippen LogP contribution in [0.5, 0.6) is 5.75 Å². The topological polar surface area (TPSA) is 77.4 Å². The molecule has 0 unspecified atom stereocenters. The molecule has 1 fully saturated rings. The van der Waals surface area contributed by atoms with Gasteiger partial charge in [-0.25, -0.2) is 4.79 Å². The van der Waals surface area contributed by atoms with Crippen LogP contribution in [0, 0.1) is 11.3 Å². The lowest BCUT2D eigenvalue weighted by molar-refractivity contribution is 0.190. The van der Waals surface area contributed by atoms with Gasteiger partial charge in [0, 0.05) is 25.3 Å². The molecule has 3 rings (SSSR count). The minimum absolute atomic E-state index is 0.116. The Morgan fingerprint density at radius 3 is 2.88 bits per heavy atom. The molecule has 2 aromatic carbocycles. The van der Waals surface area contributed by atoms with Gasteiger partial charge in [-0.3, -0.25) is 0 Å². The number of nitrogens with one attached hydrogen (secondary N) is 2. The summed E-state index contributed by atoms with van der Waals surface area (Å²) in [5.41, 5.74) is 2.16. The molecule has 2 N–H and O–H groups in total. The number of carbonyl (C=O) groups excluding carboxylic acids is 1. The van der Waals surface area contributed by atoms with E-state index in [1.165, 1.54) is 0 Å². The Morgan fingerprint density at radius 1 is 1.35 bits per heavy atom. The van der Waals surface area contributed by atoms with Crippen molar-refractivity contribution < 1.29 is 9.53 Å². The zero-order valence-electron chi connectivity index (χ0n) is 14.7. The van der Waals surface area contributed by atoms with E-state index < -0.39 is 0 Å². The van der Waals surface area contributed by atoms with Gasteiger partial charge in [0.1, 0.15) is 11.8 Å². The van der Waals surface area contributed by atoms with E-state index in [-0.39, 0.29) is 12.1 Å². The van der Waals surface area contributed by atoms with E-state index in [4.69, 9.17) is 4.74 Å². The van der Waals surface area contributed by atoms with Crippen LogP contribution >= 0.6 is 0 Å². The van der Waals surface area contributed by atoms with E-state index in [1.807, 2.05) is 25.1 Å². The molecule has 0 aromatic heterocycles. The second-order valence-corrected chi connectivity index (χ2v) is 6.05. The molecule has 2 amide bonds. The van der Waals surface area contributed by atoms with Crippen LogP contribution in [0.4, 0.5) is 10.5 Å². The van der Waals surface area contributed by atoms with E-state index >= 15 is 0 Å². The van der Waals surface area contributed by atoms with E-state index in [2.05, 4.69) is 28.8 Å². The Morgan fingerprint density at radius 2 is 2.15 bits per heavy atom. The first kappa shape index (κ1) is 17.8. The third-order valence-electron chi connectivity index (χ3n) is 4.32. The summed E-state index contributed by atoms with van der Waals surface area (Å²) in [5, 5.41) is 15.6. The molecule has 6 heteroatoms. The van der Waals surface area contributed by atoms with Gasteiger partial charge in [0.15, 0.2) is 0 Å². The van der Waals surface area contributed by atoms with E-state index in [0.717, 1.165) is 12.1 Å². The van der Waals surface area contributed by atoms with Crippen molar-refractivity contribution in [2.75, 3.05) is 31.6 Å². The number of benzene rings is 2. The quantitative estimate of drug-likeness (QED) is 0.888. The molecule has 6 nitrogen and oxygen atoms in total. The van der Waals surface area contributed by atoms with Gasteiger partial charge in [-0.2, -0.15) is 5.26 Å². The highest BCUT2D eigenvalue weighted by Crippen LogP contribution is 2.23. The molecular formula is C20H22N4O2. The van der Waals surface area contributed by atoms with E-state index in [0.29, 0.717) is 36.7 Å². The van der Waals surface area contributed by atoms with Gasteiger partial charge >= 0.3 is 6.03 Å². The van der Waals surface area contributed by atoms with Crippen molar-refractivity contribution in [3.05, 3.63) is 59.7 Å². The Labute approximate surface area is 153 Å². The highest BCUT2D eigenvalue weighted by Gasteiger charge is 2.24. The maximum Gasteiger partial charge on any atom is 0.321 e. The molecular weight excluding hydrogens is 328 g/mol. The number of nitriles is 1. The first-order valence-electron chi connectivity index (χ1n) is 8.72. The van der Waals surface area contributed by atoms with Crippen molar-refractivity contribution in [1.82, 2.24) is 10.2 Å². The number of anilines is 1. The summed E-state index contributed by atoms with van der Waals surface area (Å²) in [6.07, 6.45) is 0. The molecule has 1 aliphatic heterocycles. The zero-order chi connectivity index (χ0) is 18.4. The summed E-state index contributed by atoms with van der Waals surface area (Å²) in [6, 6.07) is 17.3. The number of rotatable bonds is 4. The van der Waals surface area contributed by atoms with Gasteiger partial charge < -0.3 is 20.3 Å². The summed E-state index contributed by atoms with van der Waals surface area (Å²) < 4.78 is 5.41. The lowest BCUT2D eigenvalue weighted by Gasteiger charge is -2.34. The molecule has 1 heterocycles. The first-order chi connectivity index (χ1) is 12.7. The largest absolute Gasteiger partial charge is 0.492 e. The minimum atomic E-state index is -0.166. The summed E-state index contributed by atoms with van der Waals surface area (Å²) in [5.74, 6) is 0.527. The second-order valence-electron chi connectivity index (χ2n) is 6.05. The van der Waals surface area contributed by atoms with Crippen molar-refractivity contribution in [3.8, 4) is 11.8 Å². The second kappa shape index (κ2) is 8.37. The van der Waals surface area contributed by atoms with Gasteiger partial charge in [0.05, 0.1) is 18.2 Å². The van der Waals surface area contributed by atoms with Gasteiger partial charge in [-0.15, -0.1) is 0 Å². The summed E-state index contributed by atoms with van der Waals surface area (Å²) in [6.45, 7) is 4.32. The molecule has 2 aromatic rings. The van der Waals surface area contributed by atoms with Crippen LogP contribution in [0.3, 0.4) is 0 Å². The van der Waals surface area contributed by atoms with Crippen molar-refractivity contribution in [3.63, 3.8) is 0 Å². The third kappa shape index (κ3) is 4.13. The summed E-state index contributed by atoms with van der Waals surface area (Å²) >= 11 is 0. The Hall–Kier alpha value is -3.04. The normalized spacial score (nSPS) is 16.6. The number of nitrogens with zero attached hydrogens (tertiary/aromatic N) is 2. The van der Waals surface area contributed by atoms with Gasteiger partial charge in [-0.05, 0) is 30.7 Å². The number of hydrogen-bond donors (Lipinski definition) is 2. The number of urea groups is 1. The van der Waals surface area contributed by atoms with Gasteiger partial charge in [0.25, 0.3) is 0 Å². The lowest BCUT2D eigenvalue weighted by Crippen LogP contribution is -2.49. The van der Waals surface area contributed by atoms with Gasteiger partial charge in [0.2, 0.25) is 0 Å². The maximum absolute atomic E-state index is 12.6. The number of amides is 2. The van der Waals surface area contributed by atoms with Crippen LogP contribution in [0.15, 0.2) is 48.5 Å². The number of hydrogen-bond acceptors (Lipinski definition) is 4. The molecule has 1 aliphatic rings. The average molecular weight is 350 g/mol. The smallest absolute Gasteiger partial charge is 0.321 e. The highest BCUT2D eigenvalue weighted by molar-refractivity contribution is 5.89. The first-order valence-corrected chi connectivity index (χ1v) is 8.72. The fourth-order valence-electron chi connectivity index (χ4n) is 3.02. The minimum Gasteiger partial charge on any atom is -0.492 e. The van der Waals surface area contributed by atoms with Crippen molar-refractivity contribution in [2.45, 2.75) is 13.0 Å². The summed E-state index contributed by atoms with van der Waals surface area (Å²) in [7, 11) is 0. The molecule has 1 atom stereocenters. The van der Waals surface area contributed by atoms with Crippen LogP contribution in [-0.2, 0) is 0 Å². The standard InChI is InChI=1S/C20H22N4O2/c1-2-26-19-9-8-17(12-16(19)13-21)23-20(25)24-11-10-22-18(14-24)15-6-4-3-5-7-15/h3-9,12,18,22H,2,10-11,14H2,1H3,(H,23,25)/t18-/m0/s1.